The number of hydrogen-bond acceptors (Lipinski definition) is 6. The van der Waals surface area contributed by atoms with E-state index in [0.717, 1.165) is 16.8 Å². The van der Waals surface area contributed by atoms with Crippen LogP contribution in [0, 0.1) is 20.8 Å². The Kier molecular flexibility index (Phi) is 8.46. The van der Waals surface area contributed by atoms with E-state index in [0.29, 0.717) is 42.6 Å². The lowest BCUT2D eigenvalue weighted by atomic mass is 10.1. The van der Waals surface area contributed by atoms with Gasteiger partial charge >= 0.3 is 5.97 Å². The van der Waals surface area contributed by atoms with Crippen LogP contribution in [0.1, 0.15) is 22.4 Å². The van der Waals surface area contributed by atoms with E-state index in [1.165, 1.54) is 16.8 Å². The summed E-state index contributed by atoms with van der Waals surface area (Å²) >= 11 is 6.13. The number of amides is 2. The Balaban J connectivity index is 1.40. The molecule has 1 aliphatic heterocycles. The summed E-state index contributed by atoms with van der Waals surface area (Å²) in [5.74, 6) is -0.978. The van der Waals surface area contributed by atoms with Crippen LogP contribution in [-0.4, -0.2) is 76.7 Å². The zero-order valence-electron chi connectivity index (χ0n) is 19.9. The van der Waals surface area contributed by atoms with Gasteiger partial charge in [0.05, 0.1) is 12.2 Å². The Morgan fingerprint density at radius 3 is 2.35 bits per heavy atom. The molecule has 1 N–H and O–H groups in total. The number of rotatable bonds is 7. The lowest BCUT2D eigenvalue weighted by Gasteiger charge is -2.34. The molecular formula is C24H30ClN5O4. The van der Waals surface area contributed by atoms with E-state index in [9.17, 15) is 14.4 Å². The van der Waals surface area contributed by atoms with Crippen molar-refractivity contribution < 1.29 is 19.1 Å². The predicted molar refractivity (Wildman–Crippen MR) is 131 cm³/mol. The van der Waals surface area contributed by atoms with Crippen LogP contribution in [-0.2, 0) is 26.2 Å². The van der Waals surface area contributed by atoms with Crippen LogP contribution < -0.4 is 5.32 Å². The molecule has 0 saturated carbocycles. The van der Waals surface area contributed by atoms with Gasteiger partial charge in [0, 0.05) is 50.6 Å². The predicted octanol–water partition coefficient (Wildman–Crippen LogP) is 2.34. The highest BCUT2D eigenvalue weighted by molar-refractivity contribution is 6.31. The number of esters is 1. The molecule has 3 rings (SSSR count). The van der Waals surface area contributed by atoms with Crippen molar-refractivity contribution in [2.24, 2.45) is 7.05 Å². The number of benzene rings is 1. The minimum atomic E-state index is -0.630. The number of aromatic nitrogens is 2. The molecule has 9 nitrogen and oxygen atoms in total. The summed E-state index contributed by atoms with van der Waals surface area (Å²) in [5, 5.41) is 7.57. The van der Waals surface area contributed by atoms with Crippen molar-refractivity contribution in [3.63, 3.8) is 0 Å². The lowest BCUT2D eigenvalue weighted by Crippen LogP contribution is -2.51. The monoisotopic (exact) mass is 487 g/mol. The SMILES string of the molecule is Cc1cccc(C)c1NC(=O)CN1CCN(C(=O)COC(=O)/C=C/c2c(C)nn(C)c2Cl)CC1. The number of carbonyl (C=O) groups is 3. The number of anilines is 1. The molecule has 0 spiro atoms. The standard InChI is InChI=1S/C24H30ClN5O4/c1-16-6-5-7-17(2)23(16)26-20(31)14-29-10-12-30(13-11-29)21(32)15-34-22(33)9-8-19-18(3)27-28(4)24(19)25/h5-9H,10-15H2,1-4H3,(H,26,31)/b9-8+. The second kappa shape index (κ2) is 11.3. The first-order chi connectivity index (χ1) is 16.2. The van der Waals surface area contributed by atoms with Crippen molar-refractivity contribution in [1.82, 2.24) is 19.6 Å². The van der Waals surface area contributed by atoms with Crippen LogP contribution in [0.15, 0.2) is 24.3 Å². The third-order valence-electron chi connectivity index (χ3n) is 5.76. The highest BCUT2D eigenvalue weighted by atomic mass is 35.5. The largest absolute Gasteiger partial charge is 0.452 e. The van der Waals surface area contributed by atoms with E-state index in [-0.39, 0.29) is 25.0 Å². The molecule has 1 aromatic heterocycles. The number of aryl methyl sites for hydroxylation is 4. The first-order valence-electron chi connectivity index (χ1n) is 11.1. The maximum Gasteiger partial charge on any atom is 0.331 e. The molecule has 182 valence electrons. The van der Waals surface area contributed by atoms with Crippen molar-refractivity contribution in [2.75, 3.05) is 44.6 Å². The number of halogens is 1. The minimum Gasteiger partial charge on any atom is -0.452 e. The van der Waals surface area contributed by atoms with Crippen LogP contribution in [0.3, 0.4) is 0 Å². The van der Waals surface area contributed by atoms with E-state index >= 15 is 0 Å². The average Bonchev–Trinajstić information content (AvgIpc) is 3.04. The molecule has 2 heterocycles. The van der Waals surface area contributed by atoms with E-state index in [1.54, 1.807) is 18.9 Å². The Bertz CT molecular complexity index is 1080. The zero-order chi connectivity index (χ0) is 24.8. The Hall–Kier alpha value is -3.17. The van der Waals surface area contributed by atoms with Gasteiger partial charge in [-0.2, -0.15) is 5.10 Å². The van der Waals surface area contributed by atoms with Crippen LogP contribution in [0.25, 0.3) is 6.08 Å². The Labute approximate surface area is 204 Å². The van der Waals surface area contributed by atoms with Crippen LogP contribution in [0.2, 0.25) is 5.15 Å². The van der Waals surface area contributed by atoms with E-state index < -0.39 is 5.97 Å². The van der Waals surface area contributed by atoms with Crippen molar-refractivity contribution in [3.05, 3.63) is 51.8 Å². The zero-order valence-corrected chi connectivity index (χ0v) is 20.7. The molecule has 0 unspecified atom stereocenters. The minimum absolute atomic E-state index is 0.0816. The van der Waals surface area contributed by atoms with Gasteiger partial charge in [-0.3, -0.25) is 19.2 Å². The second-order valence-corrected chi connectivity index (χ2v) is 8.68. The van der Waals surface area contributed by atoms with E-state index in [1.807, 2.05) is 36.9 Å². The van der Waals surface area contributed by atoms with Gasteiger partial charge in [-0.25, -0.2) is 4.79 Å². The molecule has 0 atom stereocenters. The molecule has 34 heavy (non-hydrogen) atoms. The lowest BCUT2D eigenvalue weighted by molar-refractivity contribution is -0.149. The van der Waals surface area contributed by atoms with Gasteiger partial charge in [-0.1, -0.05) is 29.8 Å². The fraction of sp³-hybridized carbons (Fsp3) is 0.417. The van der Waals surface area contributed by atoms with Crippen LogP contribution in [0.4, 0.5) is 5.69 Å². The smallest absolute Gasteiger partial charge is 0.331 e. The number of carbonyl (C=O) groups excluding carboxylic acids is 3. The molecular weight excluding hydrogens is 458 g/mol. The molecule has 10 heteroatoms. The van der Waals surface area contributed by atoms with Crippen molar-refractivity contribution in [1.29, 1.82) is 0 Å². The van der Waals surface area contributed by atoms with Crippen molar-refractivity contribution in [3.8, 4) is 0 Å². The summed E-state index contributed by atoms with van der Waals surface area (Å²) in [6.45, 7) is 7.70. The summed E-state index contributed by atoms with van der Waals surface area (Å²) in [7, 11) is 1.71. The fourth-order valence-corrected chi connectivity index (χ4v) is 4.05. The van der Waals surface area contributed by atoms with Crippen LogP contribution >= 0.6 is 11.6 Å². The van der Waals surface area contributed by atoms with E-state index in [4.69, 9.17) is 16.3 Å². The summed E-state index contributed by atoms with van der Waals surface area (Å²) in [6.07, 6.45) is 2.76. The van der Waals surface area contributed by atoms with Crippen LogP contribution in [0.5, 0.6) is 0 Å². The van der Waals surface area contributed by atoms with Gasteiger partial charge in [-0.15, -0.1) is 0 Å². The summed E-state index contributed by atoms with van der Waals surface area (Å²) in [4.78, 5) is 40.5. The molecule has 1 aliphatic rings. The van der Waals surface area contributed by atoms with Gasteiger partial charge < -0.3 is 15.0 Å². The highest BCUT2D eigenvalue weighted by Gasteiger charge is 2.23. The first kappa shape index (κ1) is 25.5. The molecule has 1 fully saturated rings. The molecule has 0 radical (unpaired) electrons. The molecule has 0 aliphatic carbocycles. The van der Waals surface area contributed by atoms with Crippen molar-refractivity contribution in [2.45, 2.75) is 20.8 Å². The van der Waals surface area contributed by atoms with Gasteiger partial charge in [0.25, 0.3) is 5.91 Å². The molecule has 2 amide bonds. The molecule has 1 aromatic carbocycles. The summed E-state index contributed by atoms with van der Waals surface area (Å²) < 4.78 is 6.59. The highest BCUT2D eigenvalue weighted by Crippen LogP contribution is 2.20. The normalized spacial score (nSPS) is 14.4. The van der Waals surface area contributed by atoms with Crippen molar-refractivity contribution >= 4 is 41.1 Å². The van der Waals surface area contributed by atoms with Gasteiger partial charge in [0.15, 0.2) is 6.61 Å². The maximum absolute atomic E-state index is 12.5. The number of para-hydroxylation sites is 1. The Morgan fingerprint density at radius 2 is 1.76 bits per heavy atom. The Morgan fingerprint density at radius 1 is 1.12 bits per heavy atom. The molecule has 1 saturated heterocycles. The number of ether oxygens (including phenoxy) is 1. The third kappa shape index (κ3) is 6.45. The quantitative estimate of drug-likeness (QED) is 0.475. The number of hydrogen-bond donors (Lipinski definition) is 1. The first-order valence-corrected chi connectivity index (χ1v) is 11.4. The summed E-state index contributed by atoms with van der Waals surface area (Å²) in [5.41, 5.74) is 4.20. The topological polar surface area (TPSA) is 96.8 Å². The van der Waals surface area contributed by atoms with Gasteiger partial charge in [-0.05, 0) is 38.0 Å². The molecule has 0 bridgehead atoms. The van der Waals surface area contributed by atoms with E-state index in [2.05, 4.69) is 10.4 Å². The average molecular weight is 488 g/mol. The number of piperazine rings is 1. The molecule has 2 aromatic rings. The fourth-order valence-electron chi connectivity index (χ4n) is 3.81. The van der Waals surface area contributed by atoms with Gasteiger partial charge in [0.1, 0.15) is 5.15 Å². The number of nitrogens with zero attached hydrogens (tertiary/aromatic N) is 4. The third-order valence-corrected chi connectivity index (χ3v) is 6.21. The second-order valence-electron chi connectivity index (χ2n) is 8.33. The maximum atomic E-state index is 12.5. The van der Waals surface area contributed by atoms with Gasteiger partial charge in [0.2, 0.25) is 5.91 Å². The summed E-state index contributed by atoms with van der Waals surface area (Å²) in [6, 6.07) is 5.89. The number of nitrogens with one attached hydrogen (secondary N) is 1.